The van der Waals surface area contributed by atoms with Crippen molar-refractivity contribution in [3.8, 4) is 0 Å². The number of halogens is 1. The van der Waals surface area contributed by atoms with Gasteiger partial charge in [-0.2, -0.15) is 0 Å². The second-order valence-corrected chi connectivity index (χ2v) is 6.24. The molecule has 2 atom stereocenters. The lowest BCUT2D eigenvalue weighted by molar-refractivity contribution is -0.115. The van der Waals surface area contributed by atoms with Crippen molar-refractivity contribution in [1.29, 1.82) is 0 Å². The van der Waals surface area contributed by atoms with Crippen LogP contribution < -0.4 is 5.32 Å². The van der Waals surface area contributed by atoms with Gasteiger partial charge in [0.1, 0.15) is 0 Å². The molecular weight excluding hydrogens is 290 g/mol. The third-order valence-corrected chi connectivity index (χ3v) is 4.57. The summed E-state index contributed by atoms with van der Waals surface area (Å²) in [4.78, 5) is 11.4. The number of carbonyl (C=O) groups excluding carboxylic acids is 1. The summed E-state index contributed by atoms with van der Waals surface area (Å²) in [5.41, 5.74) is 2.38. The molecule has 0 aromatic heterocycles. The van der Waals surface area contributed by atoms with Gasteiger partial charge in [-0.25, -0.2) is 0 Å². The van der Waals surface area contributed by atoms with E-state index in [4.69, 9.17) is 16.3 Å². The molecule has 1 saturated heterocycles. The standard InChI is InChI=1S/C16H20ClNO3/c17-13-9-14-10(8-16(20)18-14)7-12(13)15(19)5-4-11-3-1-2-6-21-11/h7,9,11,15,19H,1-6,8H2,(H,18,20). The first kappa shape index (κ1) is 14.8. The van der Waals surface area contributed by atoms with E-state index >= 15 is 0 Å². The third-order valence-electron chi connectivity index (χ3n) is 4.24. The van der Waals surface area contributed by atoms with Crippen LogP contribution in [0.15, 0.2) is 12.1 Å². The van der Waals surface area contributed by atoms with Gasteiger partial charge >= 0.3 is 0 Å². The van der Waals surface area contributed by atoms with Crippen LogP contribution in [0.3, 0.4) is 0 Å². The van der Waals surface area contributed by atoms with Crippen molar-refractivity contribution < 1.29 is 14.6 Å². The quantitative estimate of drug-likeness (QED) is 0.898. The lowest BCUT2D eigenvalue weighted by atomic mass is 9.97. The van der Waals surface area contributed by atoms with Crippen LogP contribution in [-0.2, 0) is 16.0 Å². The van der Waals surface area contributed by atoms with Gasteiger partial charge in [0.15, 0.2) is 0 Å². The minimum atomic E-state index is -0.607. The Hall–Kier alpha value is -1.10. The van der Waals surface area contributed by atoms with E-state index in [1.54, 1.807) is 6.07 Å². The fraction of sp³-hybridized carbons (Fsp3) is 0.562. The number of ether oxygens (including phenoxy) is 1. The van der Waals surface area contributed by atoms with E-state index in [9.17, 15) is 9.90 Å². The van der Waals surface area contributed by atoms with Crippen molar-refractivity contribution in [2.75, 3.05) is 11.9 Å². The van der Waals surface area contributed by atoms with Gasteiger partial charge in [0.05, 0.1) is 18.6 Å². The fourth-order valence-electron chi connectivity index (χ4n) is 3.06. The summed E-state index contributed by atoms with van der Waals surface area (Å²) in [6.07, 6.45) is 4.89. The number of fused-ring (bicyclic) bond motifs is 1. The monoisotopic (exact) mass is 309 g/mol. The van der Waals surface area contributed by atoms with Gasteiger partial charge in [-0.15, -0.1) is 0 Å². The maximum atomic E-state index is 11.4. The first-order valence-electron chi connectivity index (χ1n) is 7.55. The van der Waals surface area contributed by atoms with Crippen molar-refractivity contribution in [1.82, 2.24) is 0 Å². The molecule has 114 valence electrons. The number of hydrogen-bond donors (Lipinski definition) is 2. The van der Waals surface area contributed by atoms with E-state index < -0.39 is 6.10 Å². The highest BCUT2D eigenvalue weighted by atomic mass is 35.5. The van der Waals surface area contributed by atoms with E-state index in [0.29, 0.717) is 23.4 Å². The van der Waals surface area contributed by atoms with Crippen molar-refractivity contribution in [2.45, 2.75) is 50.7 Å². The summed E-state index contributed by atoms with van der Waals surface area (Å²) in [5.74, 6) is -0.0247. The number of nitrogens with one attached hydrogen (secondary N) is 1. The number of aliphatic hydroxyl groups excluding tert-OH is 1. The maximum absolute atomic E-state index is 11.4. The second kappa shape index (κ2) is 6.34. The molecular formula is C16H20ClNO3. The number of carbonyl (C=O) groups is 1. The Bertz CT molecular complexity index is 541. The molecule has 1 amide bonds. The molecule has 2 N–H and O–H groups in total. The van der Waals surface area contributed by atoms with Crippen LogP contribution in [0.5, 0.6) is 0 Å². The normalized spacial score (nSPS) is 22.8. The highest BCUT2D eigenvalue weighted by Gasteiger charge is 2.23. The van der Waals surface area contributed by atoms with Crippen LogP contribution in [0.2, 0.25) is 5.02 Å². The summed E-state index contributed by atoms with van der Waals surface area (Å²) in [6.45, 7) is 0.828. The van der Waals surface area contributed by atoms with E-state index in [-0.39, 0.29) is 12.0 Å². The molecule has 0 spiro atoms. The van der Waals surface area contributed by atoms with Crippen molar-refractivity contribution in [3.63, 3.8) is 0 Å². The minimum Gasteiger partial charge on any atom is -0.388 e. The number of rotatable bonds is 4. The zero-order valence-electron chi connectivity index (χ0n) is 11.9. The Kier molecular flexibility index (Phi) is 4.48. The zero-order chi connectivity index (χ0) is 14.8. The number of hydrogen-bond acceptors (Lipinski definition) is 3. The lowest BCUT2D eigenvalue weighted by Gasteiger charge is -2.24. The average molecular weight is 310 g/mol. The Labute approximate surface area is 129 Å². The molecule has 2 aliphatic heterocycles. The van der Waals surface area contributed by atoms with Crippen LogP contribution in [0.25, 0.3) is 0 Å². The SMILES string of the molecule is O=C1Cc2cc(C(O)CCC3CCCCO3)c(Cl)cc2N1. The van der Waals surface area contributed by atoms with E-state index in [1.807, 2.05) is 6.07 Å². The van der Waals surface area contributed by atoms with Gasteiger partial charge in [0, 0.05) is 17.3 Å². The molecule has 1 aromatic rings. The summed E-state index contributed by atoms with van der Waals surface area (Å²) in [6, 6.07) is 3.58. The van der Waals surface area contributed by atoms with Crippen LogP contribution in [0.1, 0.15) is 49.3 Å². The predicted molar refractivity (Wildman–Crippen MR) is 81.6 cm³/mol. The van der Waals surface area contributed by atoms with E-state index in [2.05, 4.69) is 5.32 Å². The molecule has 3 rings (SSSR count). The van der Waals surface area contributed by atoms with Gasteiger partial charge in [-0.3, -0.25) is 4.79 Å². The Morgan fingerprint density at radius 1 is 1.43 bits per heavy atom. The fourth-order valence-corrected chi connectivity index (χ4v) is 3.35. The average Bonchev–Trinajstić information content (AvgIpc) is 2.84. The zero-order valence-corrected chi connectivity index (χ0v) is 12.7. The van der Waals surface area contributed by atoms with Crippen LogP contribution in [-0.4, -0.2) is 23.7 Å². The summed E-state index contributed by atoms with van der Waals surface area (Å²) >= 11 is 6.23. The molecule has 5 heteroatoms. The van der Waals surface area contributed by atoms with Crippen LogP contribution in [0, 0.1) is 0 Å². The van der Waals surface area contributed by atoms with Gasteiger partial charge in [0.2, 0.25) is 5.91 Å². The summed E-state index contributed by atoms with van der Waals surface area (Å²) in [7, 11) is 0. The van der Waals surface area contributed by atoms with Crippen molar-refractivity contribution in [2.24, 2.45) is 0 Å². The van der Waals surface area contributed by atoms with Gasteiger partial charge in [0.25, 0.3) is 0 Å². The Morgan fingerprint density at radius 2 is 2.29 bits per heavy atom. The van der Waals surface area contributed by atoms with E-state index in [1.165, 1.54) is 6.42 Å². The number of amides is 1. The predicted octanol–water partition coefficient (Wildman–Crippen LogP) is 3.22. The largest absolute Gasteiger partial charge is 0.388 e. The molecule has 0 bridgehead atoms. The molecule has 2 unspecified atom stereocenters. The first-order valence-corrected chi connectivity index (χ1v) is 7.93. The highest BCUT2D eigenvalue weighted by molar-refractivity contribution is 6.32. The highest BCUT2D eigenvalue weighted by Crippen LogP contribution is 2.34. The topological polar surface area (TPSA) is 58.6 Å². The van der Waals surface area contributed by atoms with Gasteiger partial charge in [-0.05, 0) is 55.4 Å². The Balaban J connectivity index is 1.65. The molecule has 21 heavy (non-hydrogen) atoms. The second-order valence-electron chi connectivity index (χ2n) is 5.84. The Morgan fingerprint density at radius 3 is 3.05 bits per heavy atom. The first-order chi connectivity index (χ1) is 10.1. The van der Waals surface area contributed by atoms with Crippen molar-refractivity contribution in [3.05, 3.63) is 28.3 Å². The molecule has 4 nitrogen and oxygen atoms in total. The van der Waals surface area contributed by atoms with Crippen molar-refractivity contribution >= 4 is 23.2 Å². The number of benzene rings is 1. The van der Waals surface area contributed by atoms with Crippen LogP contribution >= 0.6 is 11.6 Å². The minimum absolute atomic E-state index is 0.0247. The van der Waals surface area contributed by atoms with E-state index in [0.717, 1.165) is 37.1 Å². The molecule has 2 heterocycles. The summed E-state index contributed by atoms with van der Waals surface area (Å²) in [5, 5.41) is 13.7. The molecule has 0 saturated carbocycles. The molecule has 2 aliphatic rings. The lowest BCUT2D eigenvalue weighted by Crippen LogP contribution is -2.19. The van der Waals surface area contributed by atoms with Gasteiger partial charge in [-0.1, -0.05) is 11.6 Å². The third kappa shape index (κ3) is 3.39. The molecule has 0 radical (unpaired) electrons. The summed E-state index contributed by atoms with van der Waals surface area (Å²) < 4.78 is 5.68. The van der Waals surface area contributed by atoms with Crippen LogP contribution in [0.4, 0.5) is 5.69 Å². The number of anilines is 1. The smallest absolute Gasteiger partial charge is 0.228 e. The maximum Gasteiger partial charge on any atom is 0.228 e. The molecule has 1 fully saturated rings. The molecule has 1 aromatic carbocycles. The number of aliphatic hydroxyl groups is 1. The molecule has 0 aliphatic carbocycles. The van der Waals surface area contributed by atoms with Gasteiger partial charge < -0.3 is 15.2 Å².